The van der Waals surface area contributed by atoms with E-state index in [4.69, 9.17) is 0 Å². The van der Waals surface area contributed by atoms with Crippen LogP contribution >= 0.6 is 0 Å². The second kappa shape index (κ2) is 5.71. The lowest BCUT2D eigenvalue weighted by Gasteiger charge is -2.10. The summed E-state index contributed by atoms with van der Waals surface area (Å²) in [5.74, 6) is -0.417. The zero-order chi connectivity index (χ0) is 19.4. The zero-order valence-corrected chi connectivity index (χ0v) is 14.5. The van der Waals surface area contributed by atoms with Gasteiger partial charge in [0, 0.05) is 24.2 Å². The van der Waals surface area contributed by atoms with E-state index < -0.39 is 21.4 Å². The summed E-state index contributed by atoms with van der Waals surface area (Å²) in [6, 6.07) is 5.81. The number of aromatic amines is 1. The highest BCUT2D eigenvalue weighted by Gasteiger charge is 2.48. The van der Waals surface area contributed by atoms with E-state index in [-0.39, 0.29) is 5.39 Å². The quantitative estimate of drug-likeness (QED) is 0.424. The first-order valence-electron chi connectivity index (χ1n) is 7.56. The van der Waals surface area contributed by atoms with Gasteiger partial charge in [-0.05, 0) is 18.2 Å². The van der Waals surface area contributed by atoms with Crippen LogP contribution in [0.3, 0.4) is 0 Å². The van der Waals surface area contributed by atoms with Crippen LogP contribution in [0, 0.1) is 0 Å². The first-order valence-corrected chi connectivity index (χ1v) is 8.97. The fourth-order valence-electron chi connectivity index (χ4n) is 2.77. The van der Waals surface area contributed by atoms with Crippen molar-refractivity contribution in [3.8, 4) is 17.0 Å². The lowest BCUT2D eigenvalue weighted by molar-refractivity contribution is -0.0499. The van der Waals surface area contributed by atoms with Crippen LogP contribution in [0.25, 0.3) is 33.1 Å². The van der Waals surface area contributed by atoms with E-state index in [9.17, 15) is 21.6 Å². The Bertz CT molecular complexity index is 1280. The van der Waals surface area contributed by atoms with Gasteiger partial charge in [0.05, 0.1) is 34.5 Å². The first kappa shape index (κ1) is 17.3. The van der Waals surface area contributed by atoms with E-state index in [1.54, 1.807) is 36.3 Å². The molecule has 140 valence electrons. The van der Waals surface area contributed by atoms with Gasteiger partial charge in [0.2, 0.25) is 0 Å². The second-order valence-electron chi connectivity index (χ2n) is 5.80. The molecule has 0 aliphatic carbocycles. The molecule has 3 heterocycles. The highest BCUT2D eigenvalue weighted by molar-refractivity contribution is 7.88. The molecule has 27 heavy (non-hydrogen) atoms. The van der Waals surface area contributed by atoms with Gasteiger partial charge in [-0.15, -0.1) is 0 Å². The van der Waals surface area contributed by atoms with E-state index in [1.165, 1.54) is 18.3 Å². The summed E-state index contributed by atoms with van der Waals surface area (Å²) in [6.07, 6.45) is 4.84. The lowest BCUT2D eigenvalue weighted by Crippen LogP contribution is -2.28. The van der Waals surface area contributed by atoms with E-state index >= 15 is 0 Å². The lowest BCUT2D eigenvalue weighted by atomic mass is 10.1. The molecule has 0 aliphatic heterocycles. The Morgan fingerprint density at radius 2 is 1.96 bits per heavy atom. The predicted molar refractivity (Wildman–Crippen MR) is 91.4 cm³/mol. The molecule has 4 aromatic rings. The molecule has 0 saturated carbocycles. The van der Waals surface area contributed by atoms with Gasteiger partial charge in [-0.3, -0.25) is 9.67 Å². The second-order valence-corrected chi connectivity index (χ2v) is 7.34. The fourth-order valence-corrected chi connectivity index (χ4v) is 3.24. The Kier molecular flexibility index (Phi) is 3.67. The normalized spacial score (nSPS) is 12.7. The number of nitrogens with one attached hydrogen (secondary N) is 1. The van der Waals surface area contributed by atoms with Crippen molar-refractivity contribution in [2.45, 2.75) is 5.51 Å². The Morgan fingerprint density at radius 1 is 1.19 bits per heavy atom. The van der Waals surface area contributed by atoms with Gasteiger partial charge in [0.1, 0.15) is 0 Å². The number of H-pyrrole nitrogens is 1. The summed E-state index contributed by atoms with van der Waals surface area (Å²) in [5, 5.41) is 4.75. The highest BCUT2D eigenvalue weighted by Crippen LogP contribution is 2.37. The number of aryl methyl sites for hydroxylation is 1. The monoisotopic (exact) mass is 396 g/mol. The Morgan fingerprint density at radius 3 is 2.63 bits per heavy atom. The minimum atomic E-state index is -5.79. The average molecular weight is 396 g/mol. The first-order chi connectivity index (χ1) is 12.7. The molecule has 1 N–H and O–H groups in total. The molecule has 1 aromatic carbocycles. The predicted octanol–water partition coefficient (Wildman–Crippen LogP) is 3.35. The molecule has 0 radical (unpaired) electrons. The molecule has 3 aromatic heterocycles. The molecule has 0 unspecified atom stereocenters. The van der Waals surface area contributed by atoms with Gasteiger partial charge in [-0.1, -0.05) is 6.07 Å². The molecular formula is C16H11F3N4O3S. The zero-order valence-electron chi connectivity index (χ0n) is 13.6. The fraction of sp³-hybridized carbons (Fsp3) is 0.125. The van der Waals surface area contributed by atoms with Crippen molar-refractivity contribution in [2.24, 2.45) is 7.05 Å². The van der Waals surface area contributed by atoms with Gasteiger partial charge in [0.15, 0.2) is 5.75 Å². The Hall–Kier alpha value is -3.08. The largest absolute Gasteiger partial charge is 0.534 e. The molecular weight excluding hydrogens is 385 g/mol. The Balaban J connectivity index is 1.93. The van der Waals surface area contributed by atoms with Crippen molar-refractivity contribution in [2.75, 3.05) is 0 Å². The van der Waals surface area contributed by atoms with Crippen molar-refractivity contribution in [1.29, 1.82) is 0 Å². The number of fused-ring (bicyclic) bond motifs is 3. The molecule has 4 rings (SSSR count). The van der Waals surface area contributed by atoms with Gasteiger partial charge >= 0.3 is 15.6 Å². The molecule has 0 spiro atoms. The van der Waals surface area contributed by atoms with Crippen LogP contribution in [-0.4, -0.2) is 33.7 Å². The van der Waals surface area contributed by atoms with Gasteiger partial charge in [0.25, 0.3) is 0 Å². The maximum atomic E-state index is 12.7. The summed E-state index contributed by atoms with van der Waals surface area (Å²) in [4.78, 5) is 7.29. The van der Waals surface area contributed by atoms with Crippen molar-refractivity contribution < 1.29 is 25.8 Å². The summed E-state index contributed by atoms with van der Waals surface area (Å²) in [6.45, 7) is 0. The number of alkyl halides is 3. The minimum absolute atomic E-state index is 0.216. The van der Waals surface area contributed by atoms with E-state index in [0.717, 1.165) is 0 Å². The topological polar surface area (TPSA) is 89.9 Å². The molecule has 0 bridgehead atoms. The van der Waals surface area contributed by atoms with Crippen molar-refractivity contribution in [1.82, 2.24) is 19.7 Å². The summed E-state index contributed by atoms with van der Waals surface area (Å²) in [5.41, 5.74) is -3.34. The van der Waals surface area contributed by atoms with E-state index in [0.29, 0.717) is 27.7 Å². The van der Waals surface area contributed by atoms with Crippen molar-refractivity contribution >= 4 is 31.9 Å². The third-order valence-corrected chi connectivity index (χ3v) is 4.92. The van der Waals surface area contributed by atoms with Gasteiger partial charge in [-0.2, -0.15) is 26.7 Å². The van der Waals surface area contributed by atoms with Crippen LogP contribution < -0.4 is 4.18 Å². The molecule has 11 heteroatoms. The van der Waals surface area contributed by atoms with E-state index in [2.05, 4.69) is 19.2 Å². The van der Waals surface area contributed by atoms with Crippen LogP contribution in [-0.2, 0) is 17.2 Å². The number of nitrogens with zero attached hydrogens (tertiary/aromatic N) is 3. The summed E-state index contributed by atoms with van der Waals surface area (Å²) >= 11 is 0. The highest BCUT2D eigenvalue weighted by atomic mass is 32.2. The SMILES string of the molecule is Cn1cc(-c2cc3c(cn2)[nH]c2cccc(OS(=O)(=O)C(F)(F)F)c23)cn1. The minimum Gasteiger partial charge on any atom is -0.375 e. The molecule has 0 atom stereocenters. The Labute approximate surface area is 150 Å². The number of pyridine rings is 1. The van der Waals surface area contributed by atoms with Gasteiger partial charge < -0.3 is 9.17 Å². The number of rotatable bonds is 3. The smallest absolute Gasteiger partial charge is 0.375 e. The molecule has 0 fully saturated rings. The average Bonchev–Trinajstić information content (AvgIpc) is 3.16. The molecule has 0 saturated heterocycles. The summed E-state index contributed by atoms with van der Waals surface area (Å²) < 4.78 is 67.0. The van der Waals surface area contributed by atoms with Gasteiger partial charge in [-0.25, -0.2) is 0 Å². The molecule has 0 amide bonds. The van der Waals surface area contributed by atoms with Crippen LogP contribution in [0.5, 0.6) is 5.75 Å². The third-order valence-electron chi connectivity index (χ3n) is 3.95. The molecule has 7 nitrogen and oxygen atoms in total. The van der Waals surface area contributed by atoms with Crippen molar-refractivity contribution in [3.63, 3.8) is 0 Å². The molecule has 0 aliphatic rings. The van der Waals surface area contributed by atoms with Crippen LogP contribution in [0.1, 0.15) is 0 Å². The van der Waals surface area contributed by atoms with Crippen molar-refractivity contribution in [3.05, 3.63) is 42.9 Å². The van der Waals surface area contributed by atoms with E-state index in [1.807, 2.05) is 0 Å². The summed E-state index contributed by atoms with van der Waals surface area (Å²) in [7, 11) is -4.05. The number of aromatic nitrogens is 4. The van der Waals surface area contributed by atoms with Crippen LogP contribution in [0.4, 0.5) is 13.2 Å². The van der Waals surface area contributed by atoms with Crippen LogP contribution in [0.2, 0.25) is 0 Å². The maximum Gasteiger partial charge on any atom is 0.534 e. The number of benzene rings is 1. The standard InChI is InChI=1S/C16H11F3N4O3S/c1-23-8-9(6-21-23)12-5-10-13(7-20-12)22-11-3-2-4-14(15(10)11)26-27(24,25)16(17,18)19/h2-8,22H,1H3. The maximum absolute atomic E-state index is 12.7. The number of hydrogen-bond acceptors (Lipinski definition) is 5. The third kappa shape index (κ3) is 2.89. The number of hydrogen-bond donors (Lipinski definition) is 1. The number of halogens is 3. The van der Waals surface area contributed by atoms with Crippen LogP contribution in [0.15, 0.2) is 42.9 Å².